The number of hydrogen-bond donors (Lipinski definition) is 2. The summed E-state index contributed by atoms with van der Waals surface area (Å²) in [6.07, 6.45) is 1.79. The second-order valence-corrected chi connectivity index (χ2v) is 7.26. The van der Waals surface area contributed by atoms with Crippen molar-refractivity contribution in [3.63, 3.8) is 0 Å². The molecule has 5 nitrogen and oxygen atoms in total. The zero-order valence-corrected chi connectivity index (χ0v) is 18.7. The summed E-state index contributed by atoms with van der Waals surface area (Å²) >= 11 is 0. The number of aliphatic imine (C=N–C) groups is 1. The van der Waals surface area contributed by atoms with Crippen LogP contribution in [0.25, 0.3) is 0 Å². The highest BCUT2D eigenvalue weighted by Crippen LogP contribution is 2.22. The van der Waals surface area contributed by atoms with Crippen molar-refractivity contribution in [1.29, 1.82) is 0 Å². The second-order valence-electron chi connectivity index (χ2n) is 7.26. The molecule has 0 bridgehead atoms. The Hall–Kier alpha value is -1.57. The summed E-state index contributed by atoms with van der Waals surface area (Å²) in [5.74, 6) is 2.70. The molecule has 0 saturated heterocycles. The first-order valence-electron chi connectivity index (χ1n) is 8.92. The maximum absolute atomic E-state index is 5.80. The Morgan fingerprint density at radius 1 is 1.19 bits per heavy atom. The van der Waals surface area contributed by atoms with E-state index in [1.165, 1.54) is 5.56 Å². The van der Waals surface area contributed by atoms with E-state index in [9.17, 15) is 0 Å². The Morgan fingerprint density at radius 2 is 1.88 bits per heavy atom. The lowest BCUT2D eigenvalue weighted by molar-refractivity contribution is 0.383. The highest BCUT2D eigenvalue weighted by molar-refractivity contribution is 14.0. The number of nitrogens with zero attached hydrogens (tertiary/aromatic N) is 2. The van der Waals surface area contributed by atoms with Gasteiger partial charge >= 0.3 is 0 Å². The van der Waals surface area contributed by atoms with Gasteiger partial charge in [-0.25, -0.2) is 9.98 Å². The molecule has 0 spiro atoms. The maximum atomic E-state index is 5.80. The second kappa shape index (κ2) is 10.5. The van der Waals surface area contributed by atoms with Crippen molar-refractivity contribution in [3.05, 3.63) is 53.7 Å². The minimum Gasteiger partial charge on any atom is -0.443 e. The van der Waals surface area contributed by atoms with Gasteiger partial charge in [-0.15, -0.1) is 24.0 Å². The van der Waals surface area contributed by atoms with Crippen LogP contribution < -0.4 is 10.6 Å². The van der Waals surface area contributed by atoms with E-state index in [2.05, 4.69) is 79.5 Å². The summed E-state index contributed by atoms with van der Waals surface area (Å²) in [7, 11) is 0. The van der Waals surface area contributed by atoms with Crippen molar-refractivity contribution < 1.29 is 4.42 Å². The number of rotatable bonds is 6. The number of guanidine groups is 1. The SMILES string of the molecule is CCNC(=NCc1ncc(C(C)(C)C)o1)NCC(C)c1ccccc1.I. The molecule has 1 unspecified atom stereocenters. The standard InChI is InChI=1S/C20H30N4O.HI/c1-6-21-19(23-12-15(2)16-10-8-7-9-11-16)24-14-18-22-13-17(25-18)20(3,4)5;/h7-11,13,15H,6,12,14H2,1-5H3,(H2,21,23,24);1H. The van der Waals surface area contributed by atoms with Crippen LogP contribution in [0.3, 0.4) is 0 Å². The predicted octanol–water partition coefficient (Wildman–Crippen LogP) is 4.45. The fraction of sp³-hybridized carbons (Fsp3) is 0.500. The van der Waals surface area contributed by atoms with E-state index in [1.54, 1.807) is 6.20 Å². The summed E-state index contributed by atoms with van der Waals surface area (Å²) in [5, 5.41) is 6.66. The van der Waals surface area contributed by atoms with Crippen LogP contribution in [0.2, 0.25) is 0 Å². The molecule has 1 heterocycles. The highest BCUT2D eigenvalue weighted by atomic mass is 127. The topological polar surface area (TPSA) is 62.5 Å². The minimum atomic E-state index is -0.0389. The first-order chi connectivity index (χ1) is 11.9. The molecule has 2 N–H and O–H groups in total. The van der Waals surface area contributed by atoms with Gasteiger partial charge < -0.3 is 15.1 Å². The lowest BCUT2D eigenvalue weighted by Gasteiger charge is -2.16. The molecule has 1 aromatic heterocycles. The zero-order chi connectivity index (χ0) is 18.3. The van der Waals surface area contributed by atoms with Gasteiger partial charge in [0, 0.05) is 18.5 Å². The molecule has 0 aliphatic heterocycles. The third-order valence-corrected chi connectivity index (χ3v) is 3.95. The fourth-order valence-electron chi connectivity index (χ4n) is 2.37. The normalized spacial score (nSPS) is 13.0. The molecule has 2 aromatic rings. The van der Waals surface area contributed by atoms with Gasteiger partial charge in [-0.2, -0.15) is 0 Å². The van der Waals surface area contributed by atoms with Crippen molar-refractivity contribution in [1.82, 2.24) is 15.6 Å². The first-order valence-corrected chi connectivity index (χ1v) is 8.92. The molecule has 0 fully saturated rings. The van der Waals surface area contributed by atoms with Crippen LogP contribution in [-0.2, 0) is 12.0 Å². The van der Waals surface area contributed by atoms with E-state index >= 15 is 0 Å². The molecule has 0 aliphatic rings. The highest BCUT2D eigenvalue weighted by Gasteiger charge is 2.19. The fourth-order valence-corrected chi connectivity index (χ4v) is 2.37. The van der Waals surface area contributed by atoms with Crippen LogP contribution in [0, 0.1) is 0 Å². The van der Waals surface area contributed by atoms with Crippen molar-refractivity contribution in [2.75, 3.05) is 13.1 Å². The number of oxazole rings is 1. The minimum absolute atomic E-state index is 0. The van der Waals surface area contributed by atoms with Gasteiger partial charge in [-0.3, -0.25) is 0 Å². The molecule has 0 aliphatic carbocycles. The van der Waals surface area contributed by atoms with Crippen LogP contribution in [0.5, 0.6) is 0 Å². The van der Waals surface area contributed by atoms with Crippen LogP contribution in [0.15, 0.2) is 45.9 Å². The van der Waals surface area contributed by atoms with E-state index < -0.39 is 0 Å². The molecule has 0 amide bonds. The van der Waals surface area contributed by atoms with Gasteiger partial charge in [0.2, 0.25) is 5.89 Å². The number of nitrogens with one attached hydrogen (secondary N) is 2. The predicted molar refractivity (Wildman–Crippen MR) is 118 cm³/mol. The largest absolute Gasteiger partial charge is 0.443 e. The van der Waals surface area contributed by atoms with Crippen molar-refractivity contribution in [2.45, 2.75) is 52.5 Å². The summed E-state index contributed by atoms with van der Waals surface area (Å²) in [4.78, 5) is 8.91. The molecule has 2 rings (SSSR count). The monoisotopic (exact) mass is 470 g/mol. The Labute approximate surface area is 174 Å². The molecule has 1 atom stereocenters. The van der Waals surface area contributed by atoms with Gasteiger partial charge in [0.1, 0.15) is 12.3 Å². The Bertz CT molecular complexity index is 677. The summed E-state index contributed by atoms with van der Waals surface area (Å²) < 4.78 is 5.80. The number of hydrogen-bond acceptors (Lipinski definition) is 3. The van der Waals surface area contributed by atoms with Crippen molar-refractivity contribution in [3.8, 4) is 0 Å². The number of benzene rings is 1. The molecule has 0 saturated carbocycles. The van der Waals surface area contributed by atoms with Gasteiger partial charge in [0.15, 0.2) is 5.96 Å². The number of aromatic nitrogens is 1. The Morgan fingerprint density at radius 3 is 2.46 bits per heavy atom. The van der Waals surface area contributed by atoms with Crippen molar-refractivity contribution in [2.24, 2.45) is 4.99 Å². The van der Waals surface area contributed by atoms with Crippen molar-refractivity contribution >= 4 is 29.9 Å². The molecular weight excluding hydrogens is 439 g/mol. The third-order valence-electron chi connectivity index (χ3n) is 3.95. The van der Waals surface area contributed by atoms with E-state index in [0.29, 0.717) is 18.4 Å². The Kier molecular flexibility index (Phi) is 9.12. The van der Waals surface area contributed by atoms with E-state index in [1.807, 2.05) is 6.07 Å². The third kappa shape index (κ3) is 6.97. The van der Waals surface area contributed by atoms with E-state index in [-0.39, 0.29) is 29.4 Å². The van der Waals surface area contributed by atoms with E-state index in [0.717, 1.165) is 24.8 Å². The quantitative estimate of drug-likeness (QED) is 0.372. The summed E-state index contributed by atoms with van der Waals surface area (Å²) in [6, 6.07) is 10.5. The van der Waals surface area contributed by atoms with Crippen LogP contribution in [-0.4, -0.2) is 24.0 Å². The summed E-state index contributed by atoms with van der Waals surface area (Å²) in [6.45, 7) is 12.6. The average molecular weight is 470 g/mol. The van der Waals surface area contributed by atoms with E-state index in [4.69, 9.17) is 4.42 Å². The average Bonchev–Trinajstić information content (AvgIpc) is 3.07. The molecule has 1 aromatic carbocycles. The van der Waals surface area contributed by atoms with Gasteiger partial charge in [0.25, 0.3) is 0 Å². The van der Waals surface area contributed by atoms with Crippen LogP contribution in [0.4, 0.5) is 0 Å². The smallest absolute Gasteiger partial charge is 0.216 e. The van der Waals surface area contributed by atoms with Crippen LogP contribution >= 0.6 is 24.0 Å². The zero-order valence-electron chi connectivity index (χ0n) is 16.4. The van der Waals surface area contributed by atoms with Gasteiger partial charge in [-0.05, 0) is 18.4 Å². The lowest BCUT2D eigenvalue weighted by atomic mass is 9.94. The van der Waals surface area contributed by atoms with Gasteiger partial charge in [0.05, 0.1) is 6.20 Å². The molecule has 6 heteroatoms. The summed E-state index contributed by atoms with van der Waals surface area (Å²) in [5.41, 5.74) is 1.27. The first kappa shape index (κ1) is 22.5. The molecular formula is C20H31IN4O. The lowest BCUT2D eigenvalue weighted by Crippen LogP contribution is -2.39. The van der Waals surface area contributed by atoms with Gasteiger partial charge in [-0.1, -0.05) is 58.0 Å². The van der Waals surface area contributed by atoms with Crippen LogP contribution in [0.1, 0.15) is 57.8 Å². The molecule has 144 valence electrons. The maximum Gasteiger partial charge on any atom is 0.216 e. The Balaban J connectivity index is 0.00000338. The number of halogens is 1. The molecule has 0 radical (unpaired) electrons. The molecule has 26 heavy (non-hydrogen) atoms.